The van der Waals surface area contributed by atoms with Crippen molar-refractivity contribution in [3.63, 3.8) is 0 Å². The van der Waals surface area contributed by atoms with Crippen molar-refractivity contribution in [3.8, 4) is 0 Å². The molecule has 0 spiro atoms. The minimum Gasteiger partial charge on any atom is -0.370 e. The second kappa shape index (κ2) is 5.21. The van der Waals surface area contributed by atoms with E-state index in [4.69, 9.17) is 4.74 Å². The average Bonchev–Trinajstić information content (AvgIpc) is 2.38. The molecule has 0 N–H and O–H groups in total. The highest BCUT2D eigenvalue weighted by molar-refractivity contribution is 5.73. The van der Waals surface area contributed by atoms with Gasteiger partial charge in [-0.1, -0.05) is 18.2 Å². The third kappa shape index (κ3) is 3.07. The molecule has 0 bridgehead atoms. The predicted molar refractivity (Wildman–Crippen MR) is 62.4 cm³/mol. The summed E-state index contributed by atoms with van der Waals surface area (Å²) in [5.74, 6) is -0.155. The van der Waals surface area contributed by atoms with Crippen molar-refractivity contribution < 1.29 is 22.7 Å². The molecule has 1 heterocycles. The van der Waals surface area contributed by atoms with Gasteiger partial charge in [0.05, 0.1) is 18.7 Å². The van der Waals surface area contributed by atoms with E-state index < -0.39 is 17.8 Å². The maximum atomic E-state index is 12.9. The van der Waals surface area contributed by atoms with Crippen LogP contribution in [0.5, 0.6) is 0 Å². The summed E-state index contributed by atoms with van der Waals surface area (Å²) in [6.07, 6.45) is -5.14. The van der Waals surface area contributed by atoms with E-state index in [1.54, 1.807) is 6.07 Å². The Balaban J connectivity index is 2.29. The monoisotopic (exact) mass is 273 g/mol. The van der Waals surface area contributed by atoms with Crippen molar-refractivity contribution in [3.05, 3.63) is 35.4 Å². The lowest BCUT2D eigenvalue weighted by atomic mass is 10.0. The van der Waals surface area contributed by atoms with Gasteiger partial charge < -0.3 is 9.64 Å². The van der Waals surface area contributed by atoms with Gasteiger partial charge in [0.1, 0.15) is 6.10 Å². The van der Waals surface area contributed by atoms with E-state index in [-0.39, 0.29) is 24.6 Å². The largest absolute Gasteiger partial charge is 0.416 e. The van der Waals surface area contributed by atoms with Crippen molar-refractivity contribution in [2.75, 3.05) is 19.7 Å². The quantitative estimate of drug-likeness (QED) is 0.787. The fourth-order valence-corrected chi connectivity index (χ4v) is 2.16. The van der Waals surface area contributed by atoms with Crippen molar-refractivity contribution in [2.24, 2.45) is 0 Å². The molecule has 1 aromatic carbocycles. The van der Waals surface area contributed by atoms with Crippen LogP contribution in [-0.4, -0.2) is 30.5 Å². The molecule has 1 aliphatic rings. The fourth-order valence-electron chi connectivity index (χ4n) is 2.16. The Morgan fingerprint density at radius 2 is 2.05 bits per heavy atom. The summed E-state index contributed by atoms with van der Waals surface area (Å²) in [5.41, 5.74) is -0.619. The third-order valence-electron chi connectivity index (χ3n) is 3.12. The molecule has 1 aliphatic heterocycles. The Morgan fingerprint density at radius 3 is 2.68 bits per heavy atom. The van der Waals surface area contributed by atoms with Crippen molar-refractivity contribution in [1.82, 2.24) is 4.90 Å². The number of carbonyl (C=O) groups is 1. The van der Waals surface area contributed by atoms with E-state index in [0.29, 0.717) is 6.54 Å². The van der Waals surface area contributed by atoms with Crippen LogP contribution in [-0.2, 0) is 15.7 Å². The van der Waals surface area contributed by atoms with E-state index in [1.807, 2.05) is 0 Å². The maximum Gasteiger partial charge on any atom is 0.416 e. The Bertz CT molecular complexity index is 473. The van der Waals surface area contributed by atoms with E-state index in [2.05, 4.69) is 0 Å². The van der Waals surface area contributed by atoms with E-state index >= 15 is 0 Å². The number of morpholine rings is 1. The van der Waals surface area contributed by atoms with Gasteiger partial charge in [-0.25, -0.2) is 0 Å². The molecule has 2 rings (SSSR count). The molecule has 1 atom stereocenters. The van der Waals surface area contributed by atoms with E-state index in [1.165, 1.54) is 24.0 Å². The zero-order chi connectivity index (χ0) is 14.0. The topological polar surface area (TPSA) is 29.5 Å². The van der Waals surface area contributed by atoms with Gasteiger partial charge in [-0.3, -0.25) is 4.79 Å². The normalized spacial score (nSPS) is 20.4. The van der Waals surface area contributed by atoms with Crippen LogP contribution < -0.4 is 0 Å². The van der Waals surface area contributed by atoms with Gasteiger partial charge >= 0.3 is 6.18 Å². The van der Waals surface area contributed by atoms with Crippen LogP contribution in [0, 0.1) is 0 Å². The molecule has 1 amide bonds. The number of nitrogens with zero attached hydrogens (tertiary/aromatic N) is 1. The van der Waals surface area contributed by atoms with Crippen LogP contribution >= 0.6 is 0 Å². The van der Waals surface area contributed by atoms with Crippen LogP contribution in [0.2, 0.25) is 0 Å². The minimum absolute atomic E-state index is 0.0842. The van der Waals surface area contributed by atoms with Crippen LogP contribution in [0.15, 0.2) is 24.3 Å². The van der Waals surface area contributed by atoms with Crippen LogP contribution in [0.1, 0.15) is 24.2 Å². The van der Waals surface area contributed by atoms with Crippen LogP contribution in [0.3, 0.4) is 0 Å². The zero-order valence-corrected chi connectivity index (χ0v) is 10.4. The molecule has 1 fully saturated rings. The molecule has 1 saturated heterocycles. The lowest BCUT2D eigenvalue weighted by Crippen LogP contribution is -2.41. The molecule has 0 radical (unpaired) electrons. The second-order valence-corrected chi connectivity index (χ2v) is 4.41. The average molecular weight is 273 g/mol. The first kappa shape index (κ1) is 13.9. The zero-order valence-electron chi connectivity index (χ0n) is 10.4. The standard InChI is InChI=1S/C13H14F3NO2/c1-9(18)17-6-7-19-12(8-17)10-4-2-3-5-11(10)13(14,15)16/h2-5,12H,6-8H2,1H3. The highest BCUT2D eigenvalue weighted by Crippen LogP contribution is 2.36. The van der Waals surface area contributed by atoms with E-state index in [0.717, 1.165) is 6.07 Å². The summed E-state index contributed by atoms with van der Waals surface area (Å²) in [7, 11) is 0. The molecule has 3 nitrogen and oxygen atoms in total. The van der Waals surface area contributed by atoms with Crippen LogP contribution in [0.25, 0.3) is 0 Å². The SMILES string of the molecule is CC(=O)N1CCOC(c2ccccc2C(F)(F)F)C1. The Hall–Kier alpha value is -1.56. The smallest absolute Gasteiger partial charge is 0.370 e. The molecule has 0 saturated carbocycles. The van der Waals surface area contributed by atoms with Gasteiger partial charge in [0.15, 0.2) is 0 Å². The van der Waals surface area contributed by atoms with Gasteiger partial charge in [0, 0.05) is 13.5 Å². The number of ether oxygens (including phenoxy) is 1. The molecule has 0 aliphatic carbocycles. The summed E-state index contributed by atoms with van der Waals surface area (Å²) >= 11 is 0. The molecule has 1 unspecified atom stereocenters. The third-order valence-corrected chi connectivity index (χ3v) is 3.12. The highest BCUT2D eigenvalue weighted by Gasteiger charge is 2.36. The van der Waals surface area contributed by atoms with Gasteiger partial charge in [0.25, 0.3) is 0 Å². The van der Waals surface area contributed by atoms with Crippen molar-refractivity contribution in [2.45, 2.75) is 19.2 Å². The number of halogens is 3. The van der Waals surface area contributed by atoms with Gasteiger partial charge in [-0.2, -0.15) is 13.2 Å². The molecule has 6 heteroatoms. The Labute approximate surface area is 109 Å². The Morgan fingerprint density at radius 1 is 1.37 bits per heavy atom. The lowest BCUT2D eigenvalue weighted by Gasteiger charge is -2.33. The predicted octanol–water partition coefficient (Wildman–Crippen LogP) is 2.63. The fraction of sp³-hybridized carbons (Fsp3) is 0.462. The minimum atomic E-state index is -4.42. The number of hydrogen-bond donors (Lipinski definition) is 0. The number of rotatable bonds is 1. The first-order chi connectivity index (χ1) is 8.89. The van der Waals surface area contributed by atoms with Crippen LogP contribution in [0.4, 0.5) is 13.2 Å². The number of benzene rings is 1. The second-order valence-electron chi connectivity index (χ2n) is 4.41. The number of carbonyl (C=O) groups excluding carboxylic acids is 1. The lowest BCUT2D eigenvalue weighted by molar-refractivity contribution is -0.142. The van der Waals surface area contributed by atoms with Crippen molar-refractivity contribution >= 4 is 5.91 Å². The Kier molecular flexibility index (Phi) is 3.80. The number of amides is 1. The molecule has 0 aromatic heterocycles. The van der Waals surface area contributed by atoms with E-state index in [9.17, 15) is 18.0 Å². The number of hydrogen-bond acceptors (Lipinski definition) is 2. The summed E-state index contributed by atoms with van der Waals surface area (Å²) in [6.45, 7) is 2.22. The maximum absolute atomic E-state index is 12.9. The van der Waals surface area contributed by atoms with Crippen molar-refractivity contribution in [1.29, 1.82) is 0 Å². The summed E-state index contributed by atoms with van der Waals surface area (Å²) in [5, 5.41) is 0. The first-order valence-electron chi connectivity index (χ1n) is 5.93. The molecule has 104 valence electrons. The van der Waals surface area contributed by atoms with Gasteiger partial charge in [0.2, 0.25) is 5.91 Å². The molecular weight excluding hydrogens is 259 g/mol. The summed E-state index contributed by atoms with van der Waals surface area (Å²) in [4.78, 5) is 12.8. The molecule has 1 aromatic rings. The highest BCUT2D eigenvalue weighted by atomic mass is 19.4. The first-order valence-corrected chi connectivity index (χ1v) is 5.93. The molecular formula is C13H14F3NO2. The molecule has 19 heavy (non-hydrogen) atoms. The summed E-state index contributed by atoms with van der Waals surface area (Å²) in [6, 6.07) is 5.32. The number of alkyl halides is 3. The van der Waals surface area contributed by atoms with Gasteiger partial charge in [-0.05, 0) is 11.6 Å². The van der Waals surface area contributed by atoms with Gasteiger partial charge in [-0.15, -0.1) is 0 Å². The summed E-state index contributed by atoms with van der Waals surface area (Å²) < 4.78 is 44.2.